The highest BCUT2D eigenvalue weighted by atomic mass is 32.1. The van der Waals surface area contributed by atoms with Crippen LogP contribution in [0.1, 0.15) is 5.56 Å². The van der Waals surface area contributed by atoms with Gasteiger partial charge in [-0.2, -0.15) is 16.6 Å². The average Bonchev–Trinajstić information content (AvgIpc) is 2.51. The molecule has 0 fully saturated rings. The predicted molar refractivity (Wildman–Crippen MR) is 47.1 cm³/mol. The molecule has 0 aliphatic carbocycles. The minimum atomic E-state index is -0.691. The lowest BCUT2D eigenvalue weighted by molar-refractivity contribution is -0.114. The SMILES string of the molecule is N#C/C(=C/c1ccsc1)C(N)=O. The summed E-state index contributed by atoms with van der Waals surface area (Å²) >= 11 is 1.50. The largest absolute Gasteiger partial charge is 0.365 e. The van der Waals surface area contributed by atoms with Gasteiger partial charge in [0.2, 0.25) is 0 Å². The maximum absolute atomic E-state index is 10.6. The number of nitrogens with zero attached hydrogens (tertiary/aromatic N) is 1. The van der Waals surface area contributed by atoms with Crippen molar-refractivity contribution in [2.75, 3.05) is 0 Å². The molecule has 0 aliphatic rings. The van der Waals surface area contributed by atoms with Crippen LogP contribution >= 0.6 is 11.3 Å². The van der Waals surface area contributed by atoms with Crippen molar-refractivity contribution in [3.8, 4) is 6.07 Å². The standard InChI is InChI=1S/C8H6N2OS/c9-4-7(8(10)11)3-6-1-2-12-5-6/h1-3,5H,(H2,10,11)/b7-3-. The maximum atomic E-state index is 10.6. The third-order valence-corrected chi connectivity index (χ3v) is 1.94. The van der Waals surface area contributed by atoms with Gasteiger partial charge in [0.05, 0.1) is 0 Å². The molecule has 0 saturated carbocycles. The summed E-state index contributed by atoms with van der Waals surface area (Å²) in [6.45, 7) is 0. The fraction of sp³-hybridized carbons (Fsp3) is 0. The average molecular weight is 178 g/mol. The number of hydrogen-bond acceptors (Lipinski definition) is 3. The first-order chi connectivity index (χ1) is 5.74. The highest BCUT2D eigenvalue weighted by molar-refractivity contribution is 7.08. The van der Waals surface area contributed by atoms with E-state index < -0.39 is 5.91 Å². The molecule has 0 atom stereocenters. The topological polar surface area (TPSA) is 66.9 Å². The first-order valence-electron chi connectivity index (χ1n) is 3.18. The van der Waals surface area contributed by atoms with Gasteiger partial charge in [0.1, 0.15) is 11.6 Å². The number of primary amides is 1. The third-order valence-electron chi connectivity index (χ3n) is 1.24. The molecule has 4 heteroatoms. The van der Waals surface area contributed by atoms with Gasteiger partial charge in [0.15, 0.2) is 0 Å². The van der Waals surface area contributed by atoms with E-state index in [4.69, 9.17) is 11.0 Å². The summed E-state index contributed by atoms with van der Waals surface area (Å²) in [7, 11) is 0. The summed E-state index contributed by atoms with van der Waals surface area (Å²) in [6, 6.07) is 3.54. The summed E-state index contributed by atoms with van der Waals surface area (Å²) in [6.07, 6.45) is 1.47. The van der Waals surface area contributed by atoms with Crippen molar-refractivity contribution in [2.24, 2.45) is 5.73 Å². The fourth-order valence-corrected chi connectivity index (χ4v) is 1.30. The first kappa shape index (κ1) is 8.50. The minimum Gasteiger partial charge on any atom is -0.365 e. The molecule has 1 heterocycles. The van der Waals surface area contributed by atoms with Gasteiger partial charge in [-0.05, 0) is 28.5 Å². The molecule has 0 unspecified atom stereocenters. The molecule has 1 aromatic heterocycles. The van der Waals surface area contributed by atoms with Crippen LogP contribution in [0.5, 0.6) is 0 Å². The number of nitriles is 1. The van der Waals surface area contributed by atoms with Gasteiger partial charge in [0, 0.05) is 0 Å². The van der Waals surface area contributed by atoms with Crippen LogP contribution in [0.15, 0.2) is 22.4 Å². The van der Waals surface area contributed by atoms with Gasteiger partial charge in [-0.25, -0.2) is 0 Å². The molecular weight excluding hydrogens is 172 g/mol. The Morgan fingerprint density at radius 1 is 1.75 bits per heavy atom. The van der Waals surface area contributed by atoms with Gasteiger partial charge in [-0.15, -0.1) is 0 Å². The van der Waals surface area contributed by atoms with Gasteiger partial charge in [-0.1, -0.05) is 0 Å². The maximum Gasteiger partial charge on any atom is 0.259 e. The number of nitrogens with two attached hydrogens (primary N) is 1. The van der Waals surface area contributed by atoms with Crippen LogP contribution in [0.4, 0.5) is 0 Å². The Bertz CT molecular complexity index is 346. The number of thiophene rings is 1. The summed E-state index contributed by atoms with van der Waals surface area (Å²) in [5, 5.41) is 12.2. The Morgan fingerprint density at radius 3 is 2.92 bits per heavy atom. The molecule has 0 aliphatic heterocycles. The van der Waals surface area contributed by atoms with Crippen LogP contribution in [0.25, 0.3) is 6.08 Å². The lowest BCUT2D eigenvalue weighted by Crippen LogP contribution is -2.12. The minimum absolute atomic E-state index is 0.0200. The van der Waals surface area contributed by atoms with E-state index in [-0.39, 0.29) is 5.57 Å². The second-order valence-electron chi connectivity index (χ2n) is 2.09. The van der Waals surface area contributed by atoms with Gasteiger partial charge in [-0.3, -0.25) is 4.79 Å². The molecule has 60 valence electrons. The Balaban J connectivity index is 2.95. The van der Waals surface area contributed by atoms with Crippen molar-refractivity contribution in [1.29, 1.82) is 5.26 Å². The molecule has 0 aromatic carbocycles. The van der Waals surface area contributed by atoms with Crippen molar-refractivity contribution in [3.63, 3.8) is 0 Å². The zero-order valence-corrected chi connectivity index (χ0v) is 6.97. The Hall–Kier alpha value is -1.60. The predicted octanol–water partition coefficient (Wildman–Crippen LogP) is 1.14. The summed E-state index contributed by atoms with van der Waals surface area (Å²) < 4.78 is 0. The number of amides is 1. The number of carbonyl (C=O) groups is 1. The second-order valence-corrected chi connectivity index (χ2v) is 2.87. The van der Waals surface area contributed by atoms with Gasteiger partial charge in [0.25, 0.3) is 5.91 Å². The zero-order chi connectivity index (χ0) is 8.97. The monoisotopic (exact) mass is 178 g/mol. The van der Waals surface area contributed by atoms with Crippen LogP contribution in [-0.2, 0) is 4.79 Å². The van der Waals surface area contributed by atoms with Crippen LogP contribution in [-0.4, -0.2) is 5.91 Å². The van der Waals surface area contributed by atoms with E-state index in [0.717, 1.165) is 5.56 Å². The molecule has 1 amide bonds. The molecule has 1 rings (SSSR count). The van der Waals surface area contributed by atoms with Crippen LogP contribution in [0.3, 0.4) is 0 Å². The van der Waals surface area contributed by atoms with E-state index in [9.17, 15) is 4.79 Å². The molecular formula is C8H6N2OS. The highest BCUT2D eigenvalue weighted by Crippen LogP contribution is 2.10. The number of carbonyl (C=O) groups excluding carboxylic acids is 1. The molecule has 2 N–H and O–H groups in total. The lowest BCUT2D eigenvalue weighted by Gasteiger charge is -1.88. The zero-order valence-electron chi connectivity index (χ0n) is 6.15. The summed E-state index contributed by atoms with van der Waals surface area (Å²) in [5.41, 5.74) is 5.75. The molecule has 3 nitrogen and oxygen atoms in total. The molecule has 0 bridgehead atoms. The van der Waals surface area contributed by atoms with E-state index >= 15 is 0 Å². The van der Waals surface area contributed by atoms with Crippen molar-refractivity contribution in [3.05, 3.63) is 28.0 Å². The van der Waals surface area contributed by atoms with Crippen molar-refractivity contribution in [2.45, 2.75) is 0 Å². The lowest BCUT2D eigenvalue weighted by atomic mass is 10.2. The fourth-order valence-electron chi connectivity index (χ4n) is 0.682. The number of rotatable bonds is 2. The second kappa shape index (κ2) is 3.69. The Labute approximate surface area is 73.7 Å². The number of hydrogen-bond donors (Lipinski definition) is 1. The highest BCUT2D eigenvalue weighted by Gasteiger charge is 2.02. The van der Waals surface area contributed by atoms with E-state index in [0.29, 0.717) is 0 Å². The van der Waals surface area contributed by atoms with E-state index in [1.165, 1.54) is 17.4 Å². The van der Waals surface area contributed by atoms with Crippen LogP contribution < -0.4 is 5.73 Å². The molecule has 1 aromatic rings. The first-order valence-corrected chi connectivity index (χ1v) is 4.12. The normalized spacial score (nSPS) is 10.8. The summed E-state index contributed by atoms with van der Waals surface area (Å²) in [4.78, 5) is 10.6. The molecule has 0 saturated heterocycles. The quantitative estimate of drug-likeness (QED) is 0.545. The smallest absolute Gasteiger partial charge is 0.259 e. The van der Waals surface area contributed by atoms with Crippen molar-refractivity contribution < 1.29 is 4.79 Å². The Kier molecular flexibility index (Phi) is 2.62. The van der Waals surface area contributed by atoms with Gasteiger partial charge >= 0.3 is 0 Å². The van der Waals surface area contributed by atoms with E-state index in [2.05, 4.69) is 0 Å². The molecule has 12 heavy (non-hydrogen) atoms. The van der Waals surface area contributed by atoms with Crippen LogP contribution in [0, 0.1) is 11.3 Å². The van der Waals surface area contributed by atoms with Crippen molar-refractivity contribution in [1.82, 2.24) is 0 Å². The third kappa shape index (κ3) is 1.94. The van der Waals surface area contributed by atoms with Gasteiger partial charge < -0.3 is 5.73 Å². The molecule has 0 spiro atoms. The Morgan fingerprint density at radius 2 is 2.50 bits per heavy atom. The van der Waals surface area contributed by atoms with E-state index in [1.54, 1.807) is 6.07 Å². The molecule has 0 radical (unpaired) electrons. The van der Waals surface area contributed by atoms with Crippen molar-refractivity contribution >= 4 is 23.3 Å². The summed E-state index contributed by atoms with van der Waals surface area (Å²) in [5.74, 6) is -0.691. The van der Waals surface area contributed by atoms with E-state index in [1.807, 2.05) is 16.8 Å². The van der Waals surface area contributed by atoms with Crippen LogP contribution in [0.2, 0.25) is 0 Å².